The van der Waals surface area contributed by atoms with Crippen LogP contribution in [0.2, 0.25) is 0 Å². The lowest BCUT2D eigenvalue weighted by Gasteiger charge is -2.03. The first kappa shape index (κ1) is 9.21. The number of pyridine rings is 2. The van der Waals surface area contributed by atoms with E-state index in [4.69, 9.17) is 16.3 Å². The molecule has 0 saturated heterocycles. The van der Waals surface area contributed by atoms with Crippen LogP contribution in [-0.4, -0.2) is 17.1 Å². The van der Waals surface area contributed by atoms with Crippen molar-refractivity contribution in [1.82, 2.24) is 9.97 Å². The van der Waals surface area contributed by atoms with E-state index < -0.39 is 0 Å². The zero-order valence-electron chi connectivity index (χ0n) is 7.70. The first-order chi connectivity index (χ1) is 6.85. The van der Waals surface area contributed by atoms with Crippen LogP contribution in [0.25, 0.3) is 11.0 Å². The molecule has 0 N–H and O–H groups in total. The Balaban J connectivity index is 2.70. The largest absolute Gasteiger partial charge is 0.481 e. The topological polar surface area (TPSA) is 35.0 Å². The number of rotatable bonds is 2. The molecule has 2 aromatic rings. The zero-order chi connectivity index (χ0) is 9.97. The Morgan fingerprint density at radius 1 is 1.36 bits per heavy atom. The Labute approximate surface area is 86.7 Å². The maximum Gasteiger partial charge on any atom is 0.213 e. The Morgan fingerprint density at radius 2 is 2.21 bits per heavy atom. The summed E-state index contributed by atoms with van der Waals surface area (Å²) in [4.78, 5) is 8.48. The third-order valence-electron chi connectivity index (χ3n) is 2.00. The molecule has 3 nitrogen and oxygen atoms in total. The van der Waals surface area contributed by atoms with Gasteiger partial charge >= 0.3 is 0 Å². The molecule has 2 heterocycles. The van der Waals surface area contributed by atoms with Gasteiger partial charge in [0.1, 0.15) is 0 Å². The number of hydrogen-bond donors (Lipinski definition) is 0. The third kappa shape index (κ3) is 1.51. The first-order valence-corrected chi connectivity index (χ1v) is 4.73. The molecule has 0 bridgehead atoms. The molecule has 2 rings (SSSR count). The van der Waals surface area contributed by atoms with Gasteiger partial charge in [-0.2, -0.15) is 0 Å². The van der Waals surface area contributed by atoms with Crippen molar-refractivity contribution in [3.05, 3.63) is 30.0 Å². The lowest BCUT2D eigenvalue weighted by Crippen LogP contribution is -1.92. The molecule has 0 aliphatic rings. The second kappa shape index (κ2) is 3.80. The Hall–Kier alpha value is -1.35. The fourth-order valence-corrected chi connectivity index (χ4v) is 1.50. The summed E-state index contributed by atoms with van der Waals surface area (Å²) in [5.74, 6) is 1.01. The molecule has 0 aromatic carbocycles. The second-order valence-electron chi connectivity index (χ2n) is 2.83. The van der Waals surface area contributed by atoms with Gasteiger partial charge in [-0.3, -0.25) is 4.98 Å². The Kier molecular flexibility index (Phi) is 2.50. The SMILES string of the molecule is COc1ccc2nccc(CCl)c2n1. The molecule has 0 amide bonds. The van der Waals surface area contributed by atoms with Gasteiger partial charge in [0.15, 0.2) is 0 Å². The molecule has 0 aliphatic carbocycles. The van der Waals surface area contributed by atoms with E-state index in [9.17, 15) is 0 Å². The minimum atomic E-state index is 0.430. The number of fused-ring (bicyclic) bond motifs is 1. The zero-order valence-corrected chi connectivity index (χ0v) is 8.45. The van der Waals surface area contributed by atoms with Gasteiger partial charge in [-0.25, -0.2) is 4.98 Å². The van der Waals surface area contributed by atoms with E-state index in [-0.39, 0.29) is 0 Å². The second-order valence-corrected chi connectivity index (χ2v) is 3.09. The van der Waals surface area contributed by atoms with Gasteiger partial charge in [0, 0.05) is 18.1 Å². The van der Waals surface area contributed by atoms with Crippen LogP contribution in [0, 0.1) is 0 Å². The van der Waals surface area contributed by atoms with Crippen molar-refractivity contribution in [2.45, 2.75) is 5.88 Å². The molecule has 0 fully saturated rings. The Morgan fingerprint density at radius 3 is 2.93 bits per heavy atom. The van der Waals surface area contributed by atoms with Gasteiger partial charge in [-0.05, 0) is 17.7 Å². The molecule has 0 radical (unpaired) electrons. The summed E-state index contributed by atoms with van der Waals surface area (Å²) in [6.07, 6.45) is 1.73. The van der Waals surface area contributed by atoms with Crippen LogP contribution < -0.4 is 4.74 Å². The van der Waals surface area contributed by atoms with Gasteiger partial charge < -0.3 is 4.74 Å². The van der Waals surface area contributed by atoms with Gasteiger partial charge in [0.25, 0.3) is 0 Å². The number of alkyl halides is 1. The van der Waals surface area contributed by atoms with Crippen molar-refractivity contribution in [3.63, 3.8) is 0 Å². The van der Waals surface area contributed by atoms with Crippen LogP contribution in [0.15, 0.2) is 24.4 Å². The van der Waals surface area contributed by atoms with E-state index in [0.717, 1.165) is 16.6 Å². The van der Waals surface area contributed by atoms with Crippen LogP contribution in [-0.2, 0) is 5.88 Å². The van der Waals surface area contributed by atoms with Crippen LogP contribution in [0.1, 0.15) is 5.56 Å². The quantitative estimate of drug-likeness (QED) is 0.711. The van der Waals surface area contributed by atoms with Crippen molar-refractivity contribution in [2.24, 2.45) is 0 Å². The normalized spacial score (nSPS) is 10.4. The Bertz CT molecular complexity index is 459. The van der Waals surface area contributed by atoms with Gasteiger partial charge in [0.2, 0.25) is 5.88 Å². The van der Waals surface area contributed by atoms with Crippen LogP contribution in [0.4, 0.5) is 0 Å². The van der Waals surface area contributed by atoms with E-state index in [1.165, 1.54) is 0 Å². The standard InChI is InChI=1S/C10H9ClN2O/c1-14-9-3-2-8-10(13-9)7(6-11)4-5-12-8/h2-5H,6H2,1H3. The summed E-state index contributed by atoms with van der Waals surface area (Å²) in [6.45, 7) is 0. The van der Waals surface area contributed by atoms with Crippen molar-refractivity contribution in [2.75, 3.05) is 7.11 Å². The smallest absolute Gasteiger partial charge is 0.213 e. The number of aromatic nitrogens is 2. The first-order valence-electron chi connectivity index (χ1n) is 4.19. The highest BCUT2D eigenvalue weighted by atomic mass is 35.5. The number of methoxy groups -OCH3 is 1. The minimum Gasteiger partial charge on any atom is -0.481 e. The van der Waals surface area contributed by atoms with E-state index >= 15 is 0 Å². The number of hydrogen-bond acceptors (Lipinski definition) is 3. The molecule has 72 valence electrons. The minimum absolute atomic E-state index is 0.430. The molecular weight excluding hydrogens is 200 g/mol. The van der Waals surface area contributed by atoms with E-state index in [1.807, 2.05) is 12.1 Å². The summed E-state index contributed by atoms with van der Waals surface area (Å²) >= 11 is 5.79. The van der Waals surface area contributed by atoms with Crippen LogP contribution in [0.3, 0.4) is 0 Å². The van der Waals surface area contributed by atoms with Crippen LogP contribution >= 0.6 is 11.6 Å². The highest BCUT2D eigenvalue weighted by Crippen LogP contribution is 2.19. The van der Waals surface area contributed by atoms with Crippen LogP contribution in [0.5, 0.6) is 5.88 Å². The fourth-order valence-electron chi connectivity index (χ4n) is 1.28. The monoisotopic (exact) mass is 208 g/mol. The molecule has 4 heteroatoms. The number of nitrogens with zero attached hydrogens (tertiary/aromatic N) is 2. The van der Waals surface area contributed by atoms with Crippen molar-refractivity contribution >= 4 is 22.6 Å². The highest BCUT2D eigenvalue weighted by molar-refractivity contribution is 6.17. The summed E-state index contributed by atoms with van der Waals surface area (Å²) in [6, 6.07) is 5.52. The predicted molar refractivity (Wildman–Crippen MR) is 55.6 cm³/mol. The number of halogens is 1. The average molecular weight is 209 g/mol. The van der Waals surface area contributed by atoms with E-state index in [2.05, 4.69) is 9.97 Å². The molecule has 0 atom stereocenters. The van der Waals surface area contributed by atoms with E-state index in [1.54, 1.807) is 19.4 Å². The molecule has 2 aromatic heterocycles. The maximum atomic E-state index is 5.79. The summed E-state index contributed by atoms with van der Waals surface area (Å²) in [5.41, 5.74) is 2.61. The average Bonchev–Trinajstić information content (AvgIpc) is 2.27. The highest BCUT2D eigenvalue weighted by Gasteiger charge is 2.03. The lowest BCUT2D eigenvalue weighted by atomic mass is 10.2. The number of ether oxygens (including phenoxy) is 1. The van der Waals surface area contributed by atoms with Crippen molar-refractivity contribution in [1.29, 1.82) is 0 Å². The third-order valence-corrected chi connectivity index (χ3v) is 2.28. The molecule has 0 unspecified atom stereocenters. The van der Waals surface area contributed by atoms with Crippen molar-refractivity contribution < 1.29 is 4.74 Å². The molecule has 0 spiro atoms. The molecular formula is C10H9ClN2O. The van der Waals surface area contributed by atoms with E-state index in [0.29, 0.717) is 11.8 Å². The van der Waals surface area contributed by atoms with Gasteiger partial charge in [-0.1, -0.05) is 0 Å². The summed E-state index contributed by atoms with van der Waals surface area (Å²) in [5, 5.41) is 0. The fraction of sp³-hybridized carbons (Fsp3) is 0.200. The summed E-state index contributed by atoms with van der Waals surface area (Å²) in [7, 11) is 1.59. The summed E-state index contributed by atoms with van der Waals surface area (Å²) < 4.78 is 5.04. The lowest BCUT2D eigenvalue weighted by molar-refractivity contribution is 0.399. The molecule has 14 heavy (non-hydrogen) atoms. The molecule has 0 saturated carbocycles. The van der Waals surface area contributed by atoms with Gasteiger partial charge in [-0.15, -0.1) is 11.6 Å². The van der Waals surface area contributed by atoms with Gasteiger partial charge in [0.05, 0.1) is 18.1 Å². The predicted octanol–water partition coefficient (Wildman–Crippen LogP) is 2.38. The molecule has 0 aliphatic heterocycles. The van der Waals surface area contributed by atoms with Crippen molar-refractivity contribution in [3.8, 4) is 5.88 Å². The maximum absolute atomic E-state index is 5.79.